The zero-order chi connectivity index (χ0) is 13.6. The first-order valence-corrected chi connectivity index (χ1v) is 6.60. The van der Waals surface area contributed by atoms with Crippen molar-refractivity contribution in [1.29, 1.82) is 0 Å². The second kappa shape index (κ2) is 6.73. The van der Waals surface area contributed by atoms with Gasteiger partial charge in [0.2, 0.25) is 5.91 Å². The molecule has 5 nitrogen and oxygen atoms in total. The summed E-state index contributed by atoms with van der Waals surface area (Å²) >= 11 is 0. The summed E-state index contributed by atoms with van der Waals surface area (Å²) in [6.45, 7) is 1.83. The van der Waals surface area contributed by atoms with Crippen LogP contribution in [-0.2, 0) is 9.59 Å². The van der Waals surface area contributed by atoms with Crippen molar-refractivity contribution in [2.75, 3.05) is 6.54 Å². The van der Waals surface area contributed by atoms with E-state index in [4.69, 9.17) is 10.2 Å². The van der Waals surface area contributed by atoms with Gasteiger partial charge in [-0.25, -0.2) is 0 Å². The van der Waals surface area contributed by atoms with Crippen molar-refractivity contribution >= 4 is 11.9 Å². The molecule has 5 heteroatoms. The number of aliphatic carboxylic acids is 1. The van der Waals surface area contributed by atoms with E-state index in [2.05, 4.69) is 5.32 Å². The molecule has 1 aliphatic rings. The van der Waals surface area contributed by atoms with Gasteiger partial charge in [0.05, 0.1) is 12.5 Å². The van der Waals surface area contributed by atoms with Gasteiger partial charge in [-0.05, 0) is 25.2 Å². The first-order chi connectivity index (χ1) is 8.43. The maximum atomic E-state index is 11.8. The number of carboxylic acids is 1. The molecule has 1 unspecified atom stereocenters. The highest BCUT2D eigenvalue weighted by atomic mass is 16.4. The Morgan fingerprint density at radius 2 is 1.83 bits per heavy atom. The molecule has 0 aromatic rings. The van der Waals surface area contributed by atoms with Crippen molar-refractivity contribution in [3.8, 4) is 0 Å². The predicted octanol–water partition coefficient (Wildman–Crippen LogP) is 1.30. The fourth-order valence-electron chi connectivity index (χ4n) is 2.70. The van der Waals surface area contributed by atoms with E-state index >= 15 is 0 Å². The molecule has 0 aliphatic heterocycles. The summed E-state index contributed by atoms with van der Waals surface area (Å²) in [5.41, 5.74) is -0.382. The third-order valence-electron chi connectivity index (χ3n) is 3.57. The van der Waals surface area contributed by atoms with Crippen molar-refractivity contribution in [3.05, 3.63) is 0 Å². The third kappa shape index (κ3) is 5.04. The molecule has 0 bridgehead atoms. The molecule has 0 aromatic heterocycles. The third-order valence-corrected chi connectivity index (χ3v) is 3.57. The summed E-state index contributed by atoms with van der Waals surface area (Å²) in [6, 6.07) is 0. The molecule has 1 atom stereocenters. The van der Waals surface area contributed by atoms with Crippen molar-refractivity contribution in [1.82, 2.24) is 5.32 Å². The van der Waals surface area contributed by atoms with Crippen molar-refractivity contribution in [3.63, 3.8) is 0 Å². The minimum absolute atomic E-state index is 0.0646. The quantitative estimate of drug-likeness (QED) is 0.669. The van der Waals surface area contributed by atoms with Gasteiger partial charge in [0.15, 0.2) is 0 Å². The summed E-state index contributed by atoms with van der Waals surface area (Å²) in [5, 5.41) is 20.7. The first kappa shape index (κ1) is 15.0. The van der Waals surface area contributed by atoms with Crippen LogP contribution in [0.25, 0.3) is 0 Å². The van der Waals surface area contributed by atoms with Crippen LogP contribution < -0.4 is 5.32 Å². The van der Waals surface area contributed by atoms with Crippen LogP contribution >= 0.6 is 0 Å². The zero-order valence-electron chi connectivity index (χ0n) is 10.9. The Morgan fingerprint density at radius 3 is 2.33 bits per heavy atom. The number of amides is 1. The van der Waals surface area contributed by atoms with E-state index in [1.807, 2.05) is 0 Å². The van der Waals surface area contributed by atoms with E-state index in [0.717, 1.165) is 32.1 Å². The number of aliphatic hydroxyl groups is 1. The van der Waals surface area contributed by atoms with Crippen LogP contribution in [0.15, 0.2) is 0 Å². The molecule has 1 amide bonds. The van der Waals surface area contributed by atoms with Gasteiger partial charge >= 0.3 is 5.97 Å². The topological polar surface area (TPSA) is 86.6 Å². The minimum atomic E-state index is -0.833. The number of rotatable bonds is 6. The highest BCUT2D eigenvalue weighted by Crippen LogP contribution is 2.42. The lowest BCUT2D eigenvalue weighted by atomic mass is 9.69. The molecule has 1 fully saturated rings. The number of carbonyl (C=O) groups excluding carboxylic acids is 1. The average Bonchev–Trinajstić information content (AvgIpc) is 2.26. The van der Waals surface area contributed by atoms with Gasteiger partial charge in [0.1, 0.15) is 0 Å². The molecule has 1 saturated carbocycles. The van der Waals surface area contributed by atoms with Crippen LogP contribution in [0.2, 0.25) is 0 Å². The summed E-state index contributed by atoms with van der Waals surface area (Å²) < 4.78 is 0. The van der Waals surface area contributed by atoms with E-state index in [-0.39, 0.29) is 30.7 Å². The predicted molar refractivity (Wildman–Crippen MR) is 67.1 cm³/mol. The molecule has 3 N–H and O–H groups in total. The first-order valence-electron chi connectivity index (χ1n) is 6.60. The van der Waals surface area contributed by atoms with Crippen molar-refractivity contribution < 1.29 is 19.8 Å². The Hall–Kier alpha value is -1.10. The summed E-state index contributed by atoms with van der Waals surface area (Å²) in [4.78, 5) is 22.7. The fourth-order valence-corrected chi connectivity index (χ4v) is 2.70. The Balaban J connectivity index is 2.55. The monoisotopic (exact) mass is 257 g/mol. The lowest BCUT2D eigenvalue weighted by Gasteiger charge is -2.35. The Kier molecular flexibility index (Phi) is 5.59. The van der Waals surface area contributed by atoms with Gasteiger partial charge in [0.25, 0.3) is 0 Å². The van der Waals surface area contributed by atoms with E-state index in [1.54, 1.807) is 6.92 Å². The lowest BCUT2D eigenvalue weighted by Crippen LogP contribution is -2.37. The number of hydrogen-bond acceptors (Lipinski definition) is 3. The van der Waals surface area contributed by atoms with Crippen LogP contribution in [0.5, 0.6) is 0 Å². The van der Waals surface area contributed by atoms with E-state index < -0.39 is 12.1 Å². The maximum absolute atomic E-state index is 11.8. The maximum Gasteiger partial charge on any atom is 0.303 e. The number of carbonyl (C=O) groups is 2. The highest BCUT2D eigenvalue weighted by Gasteiger charge is 2.36. The molecular formula is C13H23NO4. The fraction of sp³-hybridized carbons (Fsp3) is 0.846. The molecule has 104 valence electrons. The van der Waals surface area contributed by atoms with E-state index in [9.17, 15) is 9.59 Å². The molecule has 0 spiro atoms. The summed E-state index contributed by atoms with van der Waals surface area (Å²) in [7, 11) is 0. The number of aliphatic hydroxyl groups excluding tert-OH is 1. The van der Waals surface area contributed by atoms with E-state index in [1.165, 1.54) is 0 Å². The van der Waals surface area contributed by atoms with Gasteiger partial charge in [-0.3, -0.25) is 9.59 Å². The van der Waals surface area contributed by atoms with Crippen LogP contribution in [0.3, 0.4) is 0 Å². The molecule has 1 aliphatic carbocycles. The molecule has 18 heavy (non-hydrogen) atoms. The van der Waals surface area contributed by atoms with Gasteiger partial charge in [-0.1, -0.05) is 19.3 Å². The number of hydrogen-bond donors (Lipinski definition) is 3. The van der Waals surface area contributed by atoms with Crippen LogP contribution in [-0.4, -0.2) is 34.7 Å². The smallest absolute Gasteiger partial charge is 0.303 e. The standard InChI is InChI=1S/C13H23NO4/c1-10(15)9-14-11(16)7-13(8-12(17)18)5-3-2-4-6-13/h10,15H,2-9H2,1H3,(H,14,16)(H,17,18). The van der Waals surface area contributed by atoms with Crippen LogP contribution in [0.4, 0.5) is 0 Å². The number of nitrogens with one attached hydrogen (secondary N) is 1. The summed E-state index contributed by atoms with van der Waals surface area (Å²) in [5.74, 6) is -0.987. The minimum Gasteiger partial charge on any atom is -0.481 e. The Bertz CT molecular complexity index is 295. The van der Waals surface area contributed by atoms with Crippen LogP contribution in [0.1, 0.15) is 51.9 Å². The Labute approximate surface area is 108 Å². The van der Waals surface area contributed by atoms with Crippen LogP contribution in [0, 0.1) is 5.41 Å². The highest BCUT2D eigenvalue weighted by molar-refractivity contribution is 5.78. The van der Waals surface area contributed by atoms with Gasteiger partial charge in [-0.15, -0.1) is 0 Å². The van der Waals surface area contributed by atoms with Gasteiger partial charge in [0, 0.05) is 13.0 Å². The SMILES string of the molecule is CC(O)CNC(=O)CC1(CC(=O)O)CCCCC1. The molecule has 0 saturated heterocycles. The van der Waals surface area contributed by atoms with Gasteiger partial charge < -0.3 is 15.5 Å². The average molecular weight is 257 g/mol. The van der Waals surface area contributed by atoms with Gasteiger partial charge in [-0.2, -0.15) is 0 Å². The molecule has 0 heterocycles. The normalized spacial score (nSPS) is 20.1. The Morgan fingerprint density at radius 1 is 1.22 bits per heavy atom. The molecule has 1 rings (SSSR count). The second-order valence-electron chi connectivity index (χ2n) is 5.46. The lowest BCUT2D eigenvalue weighted by molar-refractivity contribution is -0.141. The molecular weight excluding hydrogens is 234 g/mol. The zero-order valence-corrected chi connectivity index (χ0v) is 10.9. The number of carboxylic acid groups (broad SMARTS) is 1. The molecule has 0 aromatic carbocycles. The second-order valence-corrected chi connectivity index (χ2v) is 5.46. The largest absolute Gasteiger partial charge is 0.481 e. The molecule has 0 radical (unpaired) electrons. The van der Waals surface area contributed by atoms with Crippen molar-refractivity contribution in [2.24, 2.45) is 5.41 Å². The van der Waals surface area contributed by atoms with E-state index in [0.29, 0.717) is 0 Å². The van der Waals surface area contributed by atoms with Crippen molar-refractivity contribution in [2.45, 2.75) is 58.0 Å². The summed E-state index contributed by atoms with van der Waals surface area (Å²) in [6.07, 6.45) is 4.48.